The fraction of sp³-hybridized carbons (Fsp3) is 0.208. The van der Waals surface area contributed by atoms with Crippen LogP contribution in [0.25, 0.3) is 5.69 Å². The lowest BCUT2D eigenvalue weighted by Crippen LogP contribution is -2.31. The average Bonchev–Trinajstić information content (AvgIpc) is 3.51. The fourth-order valence-electron chi connectivity index (χ4n) is 4.14. The van der Waals surface area contributed by atoms with Gasteiger partial charge in [-0.25, -0.2) is 0 Å². The fourth-order valence-corrected chi connectivity index (χ4v) is 4.35. The largest absolute Gasteiger partial charge is 0.330 e. The van der Waals surface area contributed by atoms with Crippen LogP contribution in [0.4, 0.5) is 0 Å². The molecule has 2 aromatic heterocycles. The lowest BCUT2D eigenvalue weighted by molar-refractivity contribution is 0.0732. The molecule has 0 radical (unpaired) electrons. The van der Waals surface area contributed by atoms with Gasteiger partial charge in [0.2, 0.25) is 0 Å². The third kappa shape index (κ3) is 4.24. The summed E-state index contributed by atoms with van der Waals surface area (Å²) >= 11 is 6.11. The lowest BCUT2D eigenvalue weighted by atomic mass is 10.1. The number of rotatable bonds is 5. The minimum Gasteiger partial charge on any atom is -0.330 e. The van der Waals surface area contributed by atoms with Crippen LogP contribution in [0.3, 0.4) is 0 Å². The molecule has 32 heavy (non-hydrogen) atoms. The Morgan fingerprint density at radius 1 is 1.06 bits per heavy atom. The highest BCUT2D eigenvalue weighted by atomic mass is 35.5. The van der Waals surface area contributed by atoms with Crippen LogP contribution in [0.5, 0.6) is 0 Å². The molecule has 160 valence electrons. The van der Waals surface area contributed by atoms with Crippen molar-refractivity contribution in [1.29, 1.82) is 0 Å². The quantitative estimate of drug-likeness (QED) is 0.459. The van der Waals surface area contributed by atoms with Gasteiger partial charge in [-0.1, -0.05) is 29.8 Å². The number of nitrogens with zero attached hydrogens (tertiary/aromatic N) is 6. The molecule has 1 saturated heterocycles. The van der Waals surface area contributed by atoms with E-state index in [9.17, 15) is 4.79 Å². The molecule has 8 heteroatoms. The highest BCUT2D eigenvalue weighted by Crippen LogP contribution is 2.32. The van der Waals surface area contributed by atoms with E-state index in [4.69, 9.17) is 16.6 Å². The van der Waals surface area contributed by atoms with Crippen LogP contribution in [0, 0.1) is 0 Å². The second-order valence-electron chi connectivity index (χ2n) is 7.82. The zero-order chi connectivity index (χ0) is 21.9. The van der Waals surface area contributed by atoms with Gasteiger partial charge < -0.3 is 4.90 Å². The Morgan fingerprint density at radius 3 is 2.75 bits per heavy atom. The summed E-state index contributed by atoms with van der Waals surface area (Å²) in [6, 6.07) is 15.2. The number of hydrogen-bond acceptors (Lipinski definition) is 5. The third-order valence-corrected chi connectivity index (χ3v) is 5.88. The van der Waals surface area contributed by atoms with Gasteiger partial charge >= 0.3 is 0 Å². The monoisotopic (exact) mass is 444 g/mol. The molecular weight excluding hydrogens is 424 g/mol. The maximum atomic E-state index is 13.4. The molecule has 7 nitrogen and oxygen atoms in total. The Balaban J connectivity index is 1.38. The van der Waals surface area contributed by atoms with Crippen molar-refractivity contribution in [2.45, 2.75) is 25.3 Å². The van der Waals surface area contributed by atoms with Crippen molar-refractivity contribution < 1.29 is 4.79 Å². The van der Waals surface area contributed by atoms with Gasteiger partial charge in [0.15, 0.2) is 0 Å². The van der Waals surface area contributed by atoms with Crippen molar-refractivity contribution in [3.63, 3.8) is 0 Å². The topological polar surface area (TPSA) is 76.8 Å². The van der Waals surface area contributed by atoms with Gasteiger partial charge in [0.05, 0.1) is 23.6 Å². The highest BCUT2D eigenvalue weighted by molar-refractivity contribution is 6.30. The van der Waals surface area contributed by atoms with E-state index >= 15 is 0 Å². The third-order valence-electron chi connectivity index (χ3n) is 5.64. The van der Waals surface area contributed by atoms with E-state index in [1.807, 2.05) is 53.4 Å². The van der Waals surface area contributed by atoms with E-state index in [-0.39, 0.29) is 11.9 Å². The van der Waals surface area contributed by atoms with Crippen LogP contribution in [-0.4, -0.2) is 42.1 Å². The zero-order valence-electron chi connectivity index (χ0n) is 17.3. The first-order valence-electron chi connectivity index (χ1n) is 10.5. The molecule has 5 rings (SSSR count). The number of aromatic nitrogens is 5. The molecule has 0 saturated carbocycles. The second kappa shape index (κ2) is 8.88. The molecule has 0 N–H and O–H groups in total. The molecule has 0 unspecified atom stereocenters. The van der Waals surface area contributed by atoms with Gasteiger partial charge in [-0.2, -0.15) is 0 Å². The van der Waals surface area contributed by atoms with Gasteiger partial charge in [-0.15, -0.1) is 10.2 Å². The molecule has 1 aliphatic rings. The van der Waals surface area contributed by atoms with Crippen LogP contribution in [0.15, 0.2) is 73.6 Å². The first-order valence-corrected chi connectivity index (χ1v) is 10.9. The number of halogens is 1. The normalized spacial score (nSPS) is 15.8. The van der Waals surface area contributed by atoms with E-state index < -0.39 is 0 Å². The zero-order valence-corrected chi connectivity index (χ0v) is 18.1. The van der Waals surface area contributed by atoms with Crippen molar-refractivity contribution >= 4 is 17.5 Å². The summed E-state index contributed by atoms with van der Waals surface area (Å²) in [4.78, 5) is 24.5. The van der Waals surface area contributed by atoms with Crippen molar-refractivity contribution in [2.24, 2.45) is 0 Å². The molecule has 1 fully saturated rings. The first-order chi connectivity index (χ1) is 15.7. The van der Waals surface area contributed by atoms with Crippen molar-refractivity contribution in [1.82, 2.24) is 29.6 Å². The van der Waals surface area contributed by atoms with Crippen molar-refractivity contribution in [2.75, 3.05) is 6.54 Å². The summed E-state index contributed by atoms with van der Waals surface area (Å²) in [6.45, 7) is 0.695. The predicted molar refractivity (Wildman–Crippen MR) is 121 cm³/mol. The Kier molecular flexibility index (Phi) is 5.64. The van der Waals surface area contributed by atoms with Crippen LogP contribution >= 0.6 is 11.6 Å². The molecule has 0 aliphatic carbocycles. The standard InChI is InChI=1S/C24H21ClN6O/c25-19-6-1-4-17(10-19)11-20-13-26-14-22(29-20)23-8-3-9-31(23)24(32)18-5-2-7-21(12-18)30-15-27-28-16-30/h1-2,4-7,10,12-16,23H,3,8-9,11H2/t23-/m1/s1. The van der Waals surface area contributed by atoms with Crippen LogP contribution in [-0.2, 0) is 6.42 Å². The summed E-state index contributed by atoms with van der Waals surface area (Å²) in [5.74, 6) is -0.00975. The smallest absolute Gasteiger partial charge is 0.254 e. The van der Waals surface area contributed by atoms with Crippen LogP contribution in [0.2, 0.25) is 5.02 Å². The Labute approximate surface area is 190 Å². The molecule has 3 heterocycles. The van der Waals surface area contributed by atoms with Crippen LogP contribution in [0.1, 0.15) is 46.2 Å². The molecule has 4 aromatic rings. The first kappa shape index (κ1) is 20.3. The number of amides is 1. The summed E-state index contributed by atoms with van der Waals surface area (Å²) < 4.78 is 1.78. The number of carbonyl (C=O) groups is 1. The number of carbonyl (C=O) groups excluding carboxylic acids is 1. The van der Waals surface area contributed by atoms with E-state index in [0.717, 1.165) is 35.5 Å². The van der Waals surface area contributed by atoms with E-state index in [1.54, 1.807) is 29.6 Å². The SMILES string of the molecule is O=C(c1cccc(-n2cnnc2)c1)N1CCC[C@@H]1c1cncc(Cc2cccc(Cl)c2)n1. The second-order valence-corrected chi connectivity index (χ2v) is 8.25. The minimum absolute atomic E-state index is 0.00975. The van der Waals surface area contributed by atoms with Gasteiger partial charge in [0.25, 0.3) is 5.91 Å². The highest BCUT2D eigenvalue weighted by Gasteiger charge is 2.32. The number of likely N-dealkylation sites (tertiary alicyclic amines) is 1. The Bertz CT molecular complexity index is 1240. The van der Waals surface area contributed by atoms with Crippen LogP contribution < -0.4 is 0 Å². The Morgan fingerprint density at radius 2 is 1.91 bits per heavy atom. The Hall–Kier alpha value is -3.58. The van der Waals surface area contributed by atoms with Gasteiger partial charge in [0, 0.05) is 35.4 Å². The lowest BCUT2D eigenvalue weighted by Gasteiger charge is -2.24. The molecule has 0 spiro atoms. The number of benzene rings is 2. The van der Waals surface area contributed by atoms with Gasteiger partial charge in [-0.3, -0.25) is 19.3 Å². The predicted octanol–water partition coefficient (Wildman–Crippen LogP) is 4.28. The van der Waals surface area contributed by atoms with E-state index in [0.29, 0.717) is 23.6 Å². The summed E-state index contributed by atoms with van der Waals surface area (Å²) in [6.07, 6.45) is 9.21. The molecule has 2 aromatic carbocycles. The summed E-state index contributed by atoms with van der Waals surface area (Å²) in [5, 5.41) is 8.38. The van der Waals surface area contributed by atoms with Gasteiger partial charge in [0.1, 0.15) is 12.7 Å². The molecular formula is C24H21ClN6O. The average molecular weight is 445 g/mol. The molecule has 1 atom stereocenters. The maximum absolute atomic E-state index is 13.4. The van der Waals surface area contributed by atoms with E-state index in [1.165, 1.54) is 0 Å². The summed E-state index contributed by atoms with van der Waals surface area (Å²) in [7, 11) is 0. The molecule has 0 bridgehead atoms. The number of hydrogen-bond donors (Lipinski definition) is 0. The van der Waals surface area contributed by atoms with E-state index in [2.05, 4.69) is 15.2 Å². The van der Waals surface area contributed by atoms with Crippen molar-refractivity contribution in [3.8, 4) is 5.69 Å². The molecule has 1 aliphatic heterocycles. The minimum atomic E-state index is -0.0899. The maximum Gasteiger partial charge on any atom is 0.254 e. The molecule has 1 amide bonds. The van der Waals surface area contributed by atoms with Gasteiger partial charge in [-0.05, 0) is 48.7 Å². The summed E-state index contributed by atoms with van der Waals surface area (Å²) in [5.41, 5.74) is 4.24. The van der Waals surface area contributed by atoms with Crippen molar-refractivity contribution in [3.05, 3.63) is 101 Å².